The Labute approximate surface area is 57.6 Å². The summed E-state index contributed by atoms with van der Waals surface area (Å²) in [5, 5.41) is 8.94. The first-order chi connectivity index (χ1) is 4.61. The fourth-order valence-electron chi connectivity index (χ4n) is 0.610. The Kier molecular flexibility index (Phi) is 1.45. The van der Waals surface area contributed by atoms with Crippen molar-refractivity contribution in [3.63, 3.8) is 0 Å². The lowest BCUT2D eigenvalue weighted by Gasteiger charge is -1.96. The molecule has 0 saturated heterocycles. The van der Waals surface area contributed by atoms with Crippen molar-refractivity contribution in [2.24, 2.45) is 0 Å². The van der Waals surface area contributed by atoms with E-state index in [2.05, 4.69) is 9.97 Å². The Bertz CT molecular complexity index is 303. The van der Waals surface area contributed by atoms with Crippen LogP contribution in [0.15, 0.2) is 4.79 Å². The topological polar surface area (TPSA) is 66.0 Å². The Hall–Kier alpha value is -1.32. The summed E-state index contributed by atoms with van der Waals surface area (Å²) in [6.45, 7) is 3.13. The van der Waals surface area contributed by atoms with Crippen molar-refractivity contribution in [2.45, 2.75) is 13.8 Å². The van der Waals surface area contributed by atoms with Gasteiger partial charge >= 0.3 is 0 Å². The highest BCUT2D eigenvalue weighted by atomic mass is 16.3. The summed E-state index contributed by atoms with van der Waals surface area (Å²) in [5.74, 6) is -0.114. The lowest BCUT2D eigenvalue weighted by molar-refractivity contribution is 0.442. The van der Waals surface area contributed by atoms with Gasteiger partial charge in [0, 0.05) is 0 Å². The minimum absolute atomic E-state index is 0.114. The number of aromatic nitrogens is 2. The van der Waals surface area contributed by atoms with E-state index in [1.165, 1.54) is 6.92 Å². The molecule has 0 bridgehead atoms. The van der Waals surface area contributed by atoms with Gasteiger partial charge in [-0.05, 0) is 13.8 Å². The molecule has 2 N–H and O–H groups in total. The standard InChI is InChI=1S/C6H8N2O2/c1-3-5(9)8-4(2)6(10)7-3/h1-2H3,(H,7,10)(H,8,9). The van der Waals surface area contributed by atoms with Gasteiger partial charge in [-0.15, -0.1) is 0 Å². The summed E-state index contributed by atoms with van der Waals surface area (Å²) in [4.78, 5) is 16.8. The molecule has 1 rings (SSSR count). The van der Waals surface area contributed by atoms with Gasteiger partial charge in [-0.2, -0.15) is 0 Å². The third kappa shape index (κ3) is 1.00. The summed E-state index contributed by atoms with van der Waals surface area (Å²) >= 11 is 0. The van der Waals surface area contributed by atoms with Crippen LogP contribution < -0.4 is 5.56 Å². The molecule has 0 fully saturated rings. The summed E-state index contributed by atoms with van der Waals surface area (Å²) in [6, 6.07) is 0. The molecule has 4 nitrogen and oxygen atoms in total. The van der Waals surface area contributed by atoms with E-state index in [0.717, 1.165) is 0 Å². The van der Waals surface area contributed by atoms with Gasteiger partial charge in [0.1, 0.15) is 5.69 Å². The molecule has 10 heavy (non-hydrogen) atoms. The molecule has 1 heterocycles. The normalized spacial score (nSPS) is 9.80. The molecule has 54 valence electrons. The Balaban J connectivity index is 3.43. The van der Waals surface area contributed by atoms with Crippen LogP contribution in [-0.2, 0) is 0 Å². The SMILES string of the molecule is Cc1[nH]c(=O)c(C)nc1O. The molecule has 0 aromatic carbocycles. The molecule has 1 aromatic heterocycles. The Morgan fingerprint density at radius 2 is 2.10 bits per heavy atom. The van der Waals surface area contributed by atoms with Crippen molar-refractivity contribution in [3.05, 3.63) is 21.7 Å². The number of H-pyrrole nitrogens is 1. The number of rotatable bonds is 0. The zero-order chi connectivity index (χ0) is 7.72. The van der Waals surface area contributed by atoms with Crippen LogP contribution in [0, 0.1) is 13.8 Å². The number of aryl methyl sites for hydroxylation is 2. The highest BCUT2D eigenvalue weighted by Gasteiger charge is 1.99. The quantitative estimate of drug-likeness (QED) is 0.536. The molecular formula is C6H8N2O2. The average Bonchev–Trinajstić information content (AvgIpc) is 1.84. The number of hydrogen-bond donors (Lipinski definition) is 2. The predicted octanol–water partition coefficient (Wildman–Crippen LogP) is 0.0923. The second-order valence-electron chi connectivity index (χ2n) is 2.10. The van der Waals surface area contributed by atoms with E-state index in [4.69, 9.17) is 5.11 Å². The third-order valence-electron chi connectivity index (χ3n) is 1.24. The zero-order valence-corrected chi connectivity index (χ0v) is 5.80. The molecule has 0 radical (unpaired) electrons. The summed E-state index contributed by atoms with van der Waals surface area (Å²) in [7, 11) is 0. The number of aromatic amines is 1. The fourth-order valence-corrected chi connectivity index (χ4v) is 0.610. The first-order valence-electron chi connectivity index (χ1n) is 2.87. The molecule has 0 aliphatic rings. The van der Waals surface area contributed by atoms with Crippen LogP contribution in [0.25, 0.3) is 0 Å². The second kappa shape index (κ2) is 2.13. The highest BCUT2D eigenvalue weighted by molar-refractivity contribution is 5.15. The van der Waals surface area contributed by atoms with Gasteiger partial charge in [-0.3, -0.25) is 4.79 Å². The van der Waals surface area contributed by atoms with Crippen molar-refractivity contribution in [3.8, 4) is 5.88 Å². The number of aromatic hydroxyl groups is 1. The summed E-state index contributed by atoms with van der Waals surface area (Å²) in [5.41, 5.74) is 0.425. The van der Waals surface area contributed by atoms with Crippen LogP contribution in [0.4, 0.5) is 0 Å². The van der Waals surface area contributed by atoms with Gasteiger partial charge in [0.15, 0.2) is 0 Å². The highest BCUT2D eigenvalue weighted by Crippen LogP contribution is 2.04. The minimum Gasteiger partial charge on any atom is -0.492 e. The Morgan fingerprint density at radius 1 is 1.50 bits per heavy atom. The summed E-state index contributed by atoms with van der Waals surface area (Å²) < 4.78 is 0. The molecule has 0 amide bonds. The maximum Gasteiger partial charge on any atom is 0.269 e. The molecule has 0 aliphatic carbocycles. The van der Waals surface area contributed by atoms with Crippen LogP contribution in [0.5, 0.6) is 5.88 Å². The van der Waals surface area contributed by atoms with Crippen LogP contribution in [0.3, 0.4) is 0 Å². The maximum atomic E-state index is 10.8. The van der Waals surface area contributed by atoms with E-state index in [9.17, 15) is 4.79 Å². The number of nitrogens with one attached hydrogen (secondary N) is 1. The predicted molar refractivity (Wildman–Crippen MR) is 36.0 cm³/mol. The molecule has 0 unspecified atom stereocenters. The average molecular weight is 140 g/mol. The van der Waals surface area contributed by atoms with Crippen molar-refractivity contribution < 1.29 is 5.11 Å². The molecule has 0 saturated carbocycles. The van der Waals surface area contributed by atoms with Gasteiger partial charge < -0.3 is 10.1 Å². The lowest BCUT2D eigenvalue weighted by atomic mass is 10.4. The van der Waals surface area contributed by atoms with Crippen LogP contribution >= 0.6 is 0 Å². The smallest absolute Gasteiger partial charge is 0.269 e. The Morgan fingerprint density at radius 3 is 2.60 bits per heavy atom. The van der Waals surface area contributed by atoms with Crippen molar-refractivity contribution in [1.29, 1.82) is 0 Å². The largest absolute Gasteiger partial charge is 0.492 e. The van der Waals surface area contributed by atoms with Gasteiger partial charge in [0.25, 0.3) is 5.56 Å². The van der Waals surface area contributed by atoms with Crippen molar-refractivity contribution in [2.75, 3.05) is 0 Å². The van der Waals surface area contributed by atoms with Gasteiger partial charge in [0.2, 0.25) is 5.88 Å². The monoisotopic (exact) mass is 140 g/mol. The van der Waals surface area contributed by atoms with E-state index in [0.29, 0.717) is 5.69 Å². The van der Waals surface area contributed by atoms with Gasteiger partial charge in [0.05, 0.1) is 5.69 Å². The van der Waals surface area contributed by atoms with Crippen LogP contribution in [0.1, 0.15) is 11.4 Å². The lowest BCUT2D eigenvalue weighted by Crippen LogP contribution is -2.12. The van der Waals surface area contributed by atoms with Crippen LogP contribution in [0.2, 0.25) is 0 Å². The van der Waals surface area contributed by atoms with E-state index in [-0.39, 0.29) is 17.1 Å². The molecule has 4 heteroatoms. The molecule has 0 atom stereocenters. The molecule has 0 spiro atoms. The van der Waals surface area contributed by atoms with Gasteiger partial charge in [-0.25, -0.2) is 4.98 Å². The number of hydrogen-bond acceptors (Lipinski definition) is 3. The third-order valence-corrected chi connectivity index (χ3v) is 1.24. The van der Waals surface area contributed by atoms with Crippen molar-refractivity contribution >= 4 is 0 Å². The molecular weight excluding hydrogens is 132 g/mol. The van der Waals surface area contributed by atoms with Crippen molar-refractivity contribution in [1.82, 2.24) is 9.97 Å². The summed E-state index contributed by atoms with van der Waals surface area (Å²) in [6.07, 6.45) is 0. The van der Waals surface area contributed by atoms with Crippen LogP contribution in [-0.4, -0.2) is 15.1 Å². The molecule has 0 aliphatic heterocycles. The first-order valence-corrected chi connectivity index (χ1v) is 2.87. The fraction of sp³-hybridized carbons (Fsp3) is 0.333. The zero-order valence-electron chi connectivity index (χ0n) is 5.80. The van der Waals surface area contributed by atoms with E-state index < -0.39 is 0 Å². The first kappa shape index (κ1) is 6.80. The maximum absolute atomic E-state index is 10.8. The number of nitrogens with zero attached hydrogens (tertiary/aromatic N) is 1. The minimum atomic E-state index is -0.254. The van der Waals surface area contributed by atoms with E-state index in [1.54, 1.807) is 6.92 Å². The van der Waals surface area contributed by atoms with Gasteiger partial charge in [-0.1, -0.05) is 0 Å². The van der Waals surface area contributed by atoms with E-state index in [1.807, 2.05) is 0 Å². The molecule has 1 aromatic rings. The second-order valence-corrected chi connectivity index (χ2v) is 2.10. The van der Waals surface area contributed by atoms with E-state index >= 15 is 0 Å².